The van der Waals surface area contributed by atoms with Crippen LogP contribution in [0, 0.1) is 6.92 Å². The van der Waals surface area contributed by atoms with E-state index >= 15 is 0 Å². The predicted octanol–water partition coefficient (Wildman–Crippen LogP) is 2.52. The van der Waals surface area contributed by atoms with Crippen molar-refractivity contribution in [3.63, 3.8) is 0 Å². The highest BCUT2D eigenvalue weighted by Gasteiger charge is 2.25. The van der Waals surface area contributed by atoms with Crippen molar-refractivity contribution in [3.8, 4) is 0 Å². The third kappa shape index (κ3) is 2.19. The van der Waals surface area contributed by atoms with Gasteiger partial charge in [-0.3, -0.25) is 4.90 Å². The van der Waals surface area contributed by atoms with Gasteiger partial charge in [0.2, 0.25) is 0 Å². The van der Waals surface area contributed by atoms with E-state index in [4.69, 9.17) is 5.73 Å². The number of hydrogen-bond donors (Lipinski definition) is 1. The van der Waals surface area contributed by atoms with E-state index in [9.17, 15) is 0 Å². The first-order valence-corrected chi connectivity index (χ1v) is 6.18. The van der Waals surface area contributed by atoms with E-state index < -0.39 is 0 Å². The molecule has 3 heteroatoms. The molecule has 2 heterocycles. The monoisotopic (exact) mass is 219 g/mol. The van der Waals surface area contributed by atoms with Crippen LogP contribution in [0.3, 0.4) is 0 Å². The second-order valence-corrected chi connectivity index (χ2v) is 4.66. The Morgan fingerprint density at radius 3 is 3.06 bits per heavy atom. The summed E-state index contributed by atoms with van der Waals surface area (Å²) in [5.41, 5.74) is 8.19. The first kappa shape index (κ1) is 11.4. The zero-order valence-corrected chi connectivity index (χ0v) is 10.2. The van der Waals surface area contributed by atoms with Crippen molar-refractivity contribution in [2.45, 2.75) is 39.2 Å². The van der Waals surface area contributed by atoms with E-state index in [2.05, 4.69) is 22.9 Å². The molecule has 1 aliphatic heterocycles. The van der Waals surface area contributed by atoms with Crippen LogP contribution in [0.25, 0.3) is 0 Å². The Bertz CT molecular complexity index is 362. The molecule has 2 N–H and O–H groups in total. The van der Waals surface area contributed by atoms with Crippen LogP contribution in [0.15, 0.2) is 12.3 Å². The fourth-order valence-corrected chi connectivity index (χ4v) is 2.55. The summed E-state index contributed by atoms with van der Waals surface area (Å²) < 4.78 is 0. The number of nitrogens with two attached hydrogens (primary N) is 1. The molecule has 1 aromatic rings. The maximum Gasteiger partial charge on any atom is 0.126 e. The molecule has 1 saturated heterocycles. The van der Waals surface area contributed by atoms with Crippen LogP contribution in [0.4, 0.5) is 5.82 Å². The molecule has 88 valence electrons. The number of aryl methyl sites for hydroxylation is 1. The maximum absolute atomic E-state index is 5.76. The molecule has 0 spiro atoms. The van der Waals surface area contributed by atoms with E-state index in [-0.39, 0.29) is 0 Å². The second kappa shape index (κ2) is 4.83. The summed E-state index contributed by atoms with van der Waals surface area (Å²) in [6, 6.07) is 2.76. The van der Waals surface area contributed by atoms with Gasteiger partial charge in [-0.25, -0.2) is 4.98 Å². The van der Waals surface area contributed by atoms with Crippen LogP contribution in [0.1, 0.15) is 43.4 Å². The number of likely N-dealkylation sites (tertiary alicyclic amines) is 1. The summed E-state index contributed by atoms with van der Waals surface area (Å²) >= 11 is 0. The van der Waals surface area contributed by atoms with Crippen LogP contribution < -0.4 is 5.73 Å². The van der Waals surface area contributed by atoms with Crippen LogP contribution in [0.2, 0.25) is 0 Å². The largest absolute Gasteiger partial charge is 0.383 e. The van der Waals surface area contributed by atoms with Gasteiger partial charge >= 0.3 is 0 Å². The third-order valence-corrected chi connectivity index (χ3v) is 3.40. The smallest absolute Gasteiger partial charge is 0.126 e. The molecule has 1 aromatic heterocycles. The quantitative estimate of drug-likeness (QED) is 0.849. The Morgan fingerprint density at radius 1 is 1.56 bits per heavy atom. The fourth-order valence-electron chi connectivity index (χ4n) is 2.55. The van der Waals surface area contributed by atoms with Gasteiger partial charge in [0.05, 0.1) is 0 Å². The SMILES string of the molecule is CCCN1CCC[C@@H]1c1cnc(N)c(C)c1. The zero-order valence-electron chi connectivity index (χ0n) is 10.2. The molecule has 16 heavy (non-hydrogen) atoms. The molecule has 0 unspecified atom stereocenters. The van der Waals surface area contributed by atoms with Gasteiger partial charge in [-0.05, 0) is 56.5 Å². The highest BCUT2D eigenvalue weighted by atomic mass is 15.2. The highest BCUT2D eigenvalue weighted by Crippen LogP contribution is 2.32. The Hall–Kier alpha value is -1.09. The van der Waals surface area contributed by atoms with Crippen molar-refractivity contribution in [1.82, 2.24) is 9.88 Å². The first-order chi connectivity index (χ1) is 7.72. The minimum absolute atomic E-state index is 0.562. The number of anilines is 1. The zero-order chi connectivity index (χ0) is 11.5. The summed E-state index contributed by atoms with van der Waals surface area (Å²) in [5, 5.41) is 0. The van der Waals surface area contributed by atoms with Crippen molar-refractivity contribution >= 4 is 5.82 Å². The molecule has 1 atom stereocenters. The van der Waals surface area contributed by atoms with Crippen LogP contribution in [0.5, 0.6) is 0 Å². The van der Waals surface area contributed by atoms with Crippen molar-refractivity contribution < 1.29 is 0 Å². The Kier molecular flexibility index (Phi) is 3.44. The minimum atomic E-state index is 0.562. The standard InChI is InChI=1S/C13H21N3/c1-3-6-16-7-4-5-12(16)11-8-10(2)13(14)15-9-11/h8-9,12H,3-7H2,1-2H3,(H2,14,15)/t12-/m1/s1. The van der Waals surface area contributed by atoms with Crippen LogP contribution >= 0.6 is 0 Å². The molecule has 1 aliphatic rings. The third-order valence-electron chi connectivity index (χ3n) is 3.40. The normalized spacial score (nSPS) is 21.5. The van der Waals surface area contributed by atoms with E-state index in [1.54, 1.807) is 0 Å². The Morgan fingerprint density at radius 2 is 2.38 bits per heavy atom. The second-order valence-electron chi connectivity index (χ2n) is 4.66. The van der Waals surface area contributed by atoms with Gasteiger partial charge in [0.25, 0.3) is 0 Å². The van der Waals surface area contributed by atoms with Gasteiger partial charge < -0.3 is 5.73 Å². The molecule has 0 saturated carbocycles. The number of hydrogen-bond acceptors (Lipinski definition) is 3. The number of nitrogens with zero attached hydrogens (tertiary/aromatic N) is 2. The average Bonchev–Trinajstić information content (AvgIpc) is 2.71. The summed E-state index contributed by atoms with van der Waals surface area (Å²) in [4.78, 5) is 6.83. The van der Waals surface area contributed by atoms with Gasteiger partial charge in [-0.2, -0.15) is 0 Å². The summed E-state index contributed by atoms with van der Waals surface area (Å²) in [6.07, 6.45) is 5.72. The van der Waals surface area contributed by atoms with Gasteiger partial charge in [-0.15, -0.1) is 0 Å². The summed E-state index contributed by atoms with van der Waals surface area (Å²) in [5.74, 6) is 0.656. The van der Waals surface area contributed by atoms with Crippen LogP contribution in [-0.4, -0.2) is 23.0 Å². The number of aromatic nitrogens is 1. The molecule has 3 nitrogen and oxygen atoms in total. The first-order valence-electron chi connectivity index (χ1n) is 6.18. The molecule has 0 radical (unpaired) electrons. The lowest BCUT2D eigenvalue weighted by molar-refractivity contribution is 0.257. The lowest BCUT2D eigenvalue weighted by Gasteiger charge is -2.24. The van der Waals surface area contributed by atoms with Crippen molar-refractivity contribution in [2.24, 2.45) is 0 Å². The summed E-state index contributed by atoms with van der Waals surface area (Å²) in [6.45, 7) is 6.68. The molecule has 2 rings (SSSR count). The average molecular weight is 219 g/mol. The number of pyridine rings is 1. The van der Waals surface area contributed by atoms with Gasteiger partial charge in [0, 0.05) is 12.2 Å². The maximum atomic E-state index is 5.76. The predicted molar refractivity (Wildman–Crippen MR) is 67.2 cm³/mol. The topological polar surface area (TPSA) is 42.2 Å². The van der Waals surface area contributed by atoms with Gasteiger partial charge in [-0.1, -0.05) is 6.92 Å². The van der Waals surface area contributed by atoms with Gasteiger partial charge in [0.15, 0.2) is 0 Å². The van der Waals surface area contributed by atoms with Gasteiger partial charge in [0.1, 0.15) is 5.82 Å². The fraction of sp³-hybridized carbons (Fsp3) is 0.615. The number of nitrogen functional groups attached to an aromatic ring is 1. The molecule has 1 fully saturated rings. The van der Waals surface area contributed by atoms with Crippen molar-refractivity contribution in [2.75, 3.05) is 18.8 Å². The molecule has 0 aromatic carbocycles. The van der Waals surface area contributed by atoms with Crippen molar-refractivity contribution in [3.05, 3.63) is 23.4 Å². The highest BCUT2D eigenvalue weighted by molar-refractivity contribution is 5.40. The lowest BCUT2D eigenvalue weighted by atomic mass is 10.0. The van der Waals surface area contributed by atoms with E-state index in [0.717, 1.165) is 5.56 Å². The van der Waals surface area contributed by atoms with E-state index in [1.165, 1.54) is 37.9 Å². The van der Waals surface area contributed by atoms with E-state index in [1.807, 2.05) is 13.1 Å². The molecular weight excluding hydrogens is 198 g/mol. The molecule has 0 amide bonds. The molecule has 0 aliphatic carbocycles. The Labute approximate surface area is 97.7 Å². The van der Waals surface area contributed by atoms with Crippen molar-refractivity contribution in [1.29, 1.82) is 0 Å². The minimum Gasteiger partial charge on any atom is -0.383 e. The Balaban J connectivity index is 2.19. The van der Waals surface area contributed by atoms with Crippen LogP contribution in [-0.2, 0) is 0 Å². The number of rotatable bonds is 3. The van der Waals surface area contributed by atoms with E-state index in [0.29, 0.717) is 11.9 Å². The lowest BCUT2D eigenvalue weighted by Crippen LogP contribution is -2.24. The molecule has 0 bridgehead atoms. The molecular formula is C13H21N3. The summed E-state index contributed by atoms with van der Waals surface area (Å²) in [7, 11) is 0.